The minimum Gasteiger partial charge on any atom is -0.408 e. The van der Waals surface area contributed by atoms with E-state index in [0.29, 0.717) is 20.0 Å². The average Bonchev–Trinajstić information content (AvgIpc) is 3.02. The molecule has 130 valence electrons. The van der Waals surface area contributed by atoms with E-state index in [4.69, 9.17) is 4.42 Å². The number of fused-ring (bicyclic) bond motifs is 2. The highest BCUT2D eigenvalue weighted by molar-refractivity contribution is 9.10. The molecule has 6 nitrogen and oxygen atoms in total. The molecule has 0 aliphatic rings. The molecule has 0 saturated carbocycles. The number of oxazole rings is 2. The van der Waals surface area contributed by atoms with Gasteiger partial charge in [0.05, 0.1) is 20.0 Å². The Bertz CT molecular complexity index is 1160. The molecule has 0 bridgehead atoms. The van der Waals surface area contributed by atoms with Crippen molar-refractivity contribution in [1.82, 2.24) is 9.55 Å². The first-order valence-electron chi connectivity index (χ1n) is 6.68. The molecule has 0 fully saturated rings. The van der Waals surface area contributed by atoms with Crippen molar-refractivity contribution in [3.8, 4) is 0 Å². The maximum absolute atomic E-state index is 13.0. The third-order valence-corrected chi connectivity index (χ3v) is 4.51. The molecule has 25 heavy (non-hydrogen) atoms. The third kappa shape index (κ3) is 3.45. The first-order chi connectivity index (χ1) is 11.8. The Labute approximate surface area is 154 Å². The van der Waals surface area contributed by atoms with Gasteiger partial charge in [-0.3, -0.25) is 9.55 Å². The van der Waals surface area contributed by atoms with Crippen LogP contribution in [0, 0.1) is 11.6 Å². The number of H-pyrrole nitrogens is 1. The lowest BCUT2D eigenvalue weighted by Gasteiger charge is -1.94. The fourth-order valence-electron chi connectivity index (χ4n) is 2.07. The van der Waals surface area contributed by atoms with Crippen molar-refractivity contribution in [1.29, 1.82) is 0 Å². The Hall–Kier alpha value is -2.20. The van der Waals surface area contributed by atoms with Crippen molar-refractivity contribution < 1.29 is 17.6 Å². The van der Waals surface area contributed by atoms with Gasteiger partial charge in [-0.25, -0.2) is 18.4 Å². The van der Waals surface area contributed by atoms with Gasteiger partial charge in [0.15, 0.2) is 11.2 Å². The van der Waals surface area contributed by atoms with Crippen LogP contribution in [0.1, 0.15) is 0 Å². The van der Waals surface area contributed by atoms with Gasteiger partial charge in [0, 0.05) is 19.2 Å². The summed E-state index contributed by atoms with van der Waals surface area (Å²) in [4.78, 5) is 24.1. The molecule has 10 heteroatoms. The van der Waals surface area contributed by atoms with Crippen LogP contribution in [0.5, 0.6) is 0 Å². The molecule has 4 aromatic rings. The monoisotopic (exact) mass is 476 g/mol. The van der Waals surface area contributed by atoms with E-state index in [2.05, 4.69) is 41.3 Å². The smallest absolute Gasteiger partial charge is 0.408 e. The molecule has 2 aromatic heterocycles. The summed E-state index contributed by atoms with van der Waals surface area (Å²) in [6.45, 7) is 0. The van der Waals surface area contributed by atoms with Gasteiger partial charge in [-0.1, -0.05) is 0 Å². The lowest BCUT2D eigenvalue weighted by atomic mass is 10.3. The normalized spacial score (nSPS) is 10.9. The van der Waals surface area contributed by atoms with Crippen LogP contribution in [0.15, 0.2) is 51.6 Å². The molecule has 2 heterocycles. The lowest BCUT2D eigenvalue weighted by Crippen LogP contribution is -2.08. The molecule has 0 amide bonds. The van der Waals surface area contributed by atoms with Crippen LogP contribution in [0.3, 0.4) is 0 Å². The van der Waals surface area contributed by atoms with Gasteiger partial charge < -0.3 is 8.83 Å². The number of benzene rings is 2. The van der Waals surface area contributed by atoms with Gasteiger partial charge >= 0.3 is 11.5 Å². The van der Waals surface area contributed by atoms with E-state index in [-0.39, 0.29) is 11.2 Å². The van der Waals surface area contributed by atoms with Crippen LogP contribution < -0.4 is 11.5 Å². The number of hydrogen-bond acceptors (Lipinski definition) is 4. The number of halogens is 4. The van der Waals surface area contributed by atoms with Crippen molar-refractivity contribution >= 4 is 54.1 Å². The van der Waals surface area contributed by atoms with Gasteiger partial charge in [-0.15, -0.1) is 0 Å². The fraction of sp³-hybridized carbons (Fsp3) is 0.0667. The number of aromatic amines is 1. The van der Waals surface area contributed by atoms with E-state index in [0.717, 1.165) is 6.07 Å². The lowest BCUT2D eigenvalue weighted by molar-refractivity contribution is 0.525. The third-order valence-electron chi connectivity index (χ3n) is 3.30. The SMILES string of the molecule is Cn1c(=O)oc2cc(F)c(Br)cc21.O=c1[nH]c2cc(Br)c(F)cc2o1. The summed E-state index contributed by atoms with van der Waals surface area (Å²) in [7, 11) is 1.57. The van der Waals surface area contributed by atoms with Crippen molar-refractivity contribution in [3.63, 3.8) is 0 Å². The summed E-state index contributed by atoms with van der Waals surface area (Å²) < 4.78 is 37.2. The number of aryl methyl sites for hydroxylation is 1. The highest BCUT2D eigenvalue weighted by atomic mass is 79.9. The highest BCUT2D eigenvalue weighted by Crippen LogP contribution is 2.22. The summed E-state index contributed by atoms with van der Waals surface area (Å²) in [5.41, 5.74) is 1.53. The zero-order valence-corrected chi connectivity index (χ0v) is 15.6. The largest absolute Gasteiger partial charge is 0.419 e. The van der Waals surface area contributed by atoms with Gasteiger partial charge in [0.25, 0.3) is 0 Å². The first kappa shape index (κ1) is 17.6. The van der Waals surface area contributed by atoms with Crippen LogP contribution in [0.4, 0.5) is 8.78 Å². The van der Waals surface area contributed by atoms with Crippen molar-refractivity contribution in [3.05, 3.63) is 65.9 Å². The van der Waals surface area contributed by atoms with Gasteiger partial charge in [0.1, 0.15) is 11.6 Å². The van der Waals surface area contributed by atoms with Crippen LogP contribution in [0.2, 0.25) is 0 Å². The predicted octanol–water partition coefficient (Wildman–Crippen LogP) is 4.06. The summed E-state index contributed by atoms with van der Waals surface area (Å²) >= 11 is 6.01. The number of nitrogens with one attached hydrogen (secondary N) is 1. The standard InChI is InChI=1S/C8H5BrFNO2.C7H3BrFNO2/c1-11-6-2-4(9)5(10)3-7(6)13-8(11)12;8-3-1-5-6(2-4(3)9)12-7(11)10-5/h2-3H,1H3;1-2H,(H,10,11). The zero-order valence-electron chi connectivity index (χ0n) is 12.4. The van der Waals surface area contributed by atoms with Gasteiger partial charge in [-0.2, -0.15) is 0 Å². The molecular weight excluding hydrogens is 470 g/mol. The molecule has 2 aromatic carbocycles. The van der Waals surface area contributed by atoms with E-state index in [1.54, 1.807) is 7.05 Å². The molecule has 0 radical (unpaired) electrons. The molecular formula is C15H8Br2F2N2O4. The Kier molecular flexibility index (Phi) is 4.65. The molecule has 4 rings (SSSR count). The zero-order chi connectivity index (χ0) is 18.3. The van der Waals surface area contributed by atoms with Crippen LogP contribution in [0.25, 0.3) is 22.2 Å². The fourth-order valence-corrected chi connectivity index (χ4v) is 2.74. The second-order valence-electron chi connectivity index (χ2n) is 4.94. The van der Waals surface area contributed by atoms with Crippen LogP contribution in [-0.2, 0) is 7.05 Å². The van der Waals surface area contributed by atoms with Crippen molar-refractivity contribution in [2.24, 2.45) is 7.05 Å². The molecule has 0 unspecified atom stereocenters. The minimum absolute atomic E-state index is 0.223. The first-order valence-corrected chi connectivity index (χ1v) is 8.27. The van der Waals surface area contributed by atoms with Crippen LogP contribution >= 0.6 is 31.9 Å². The Balaban J connectivity index is 0.000000146. The molecule has 0 spiro atoms. The molecule has 0 aliphatic heterocycles. The molecule has 0 saturated heterocycles. The molecule has 0 atom stereocenters. The second kappa shape index (κ2) is 6.60. The van der Waals surface area contributed by atoms with E-state index < -0.39 is 23.1 Å². The van der Waals surface area contributed by atoms with Crippen molar-refractivity contribution in [2.75, 3.05) is 0 Å². The summed E-state index contributed by atoms with van der Waals surface area (Å²) in [6, 6.07) is 5.29. The number of aromatic nitrogens is 2. The topological polar surface area (TPSA) is 81.1 Å². The summed E-state index contributed by atoms with van der Waals surface area (Å²) in [5, 5.41) is 0. The van der Waals surface area contributed by atoms with E-state index in [1.165, 1.54) is 22.8 Å². The number of rotatable bonds is 0. The summed E-state index contributed by atoms with van der Waals surface area (Å²) in [6.07, 6.45) is 0. The summed E-state index contributed by atoms with van der Waals surface area (Å²) in [5.74, 6) is -1.97. The van der Waals surface area contributed by atoms with E-state index in [9.17, 15) is 18.4 Å². The van der Waals surface area contributed by atoms with Gasteiger partial charge in [-0.05, 0) is 44.0 Å². The minimum atomic E-state index is -0.581. The Morgan fingerprint density at radius 1 is 0.960 bits per heavy atom. The maximum atomic E-state index is 13.0. The van der Waals surface area contributed by atoms with Crippen LogP contribution in [-0.4, -0.2) is 9.55 Å². The Morgan fingerprint density at radius 3 is 2.24 bits per heavy atom. The molecule has 0 aliphatic carbocycles. The van der Waals surface area contributed by atoms with Gasteiger partial charge in [0.2, 0.25) is 0 Å². The second-order valence-corrected chi connectivity index (χ2v) is 6.65. The maximum Gasteiger partial charge on any atom is 0.419 e. The number of nitrogens with zero attached hydrogens (tertiary/aromatic N) is 1. The number of hydrogen-bond donors (Lipinski definition) is 1. The van der Waals surface area contributed by atoms with E-state index >= 15 is 0 Å². The van der Waals surface area contributed by atoms with E-state index in [1.807, 2.05) is 0 Å². The average molecular weight is 478 g/mol. The Morgan fingerprint density at radius 2 is 1.56 bits per heavy atom. The molecule has 1 N–H and O–H groups in total. The quantitative estimate of drug-likeness (QED) is 0.414. The van der Waals surface area contributed by atoms with Crippen molar-refractivity contribution in [2.45, 2.75) is 0 Å². The highest BCUT2D eigenvalue weighted by Gasteiger charge is 2.09. The predicted molar refractivity (Wildman–Crippen MR) is 93.6 cm³/mol.